The van der Waals surface area contributed by atoms with Crippen molar-refractivity contribution < 1.29 is 22.6 Å². The van der Waals surface area contributed by atoms with Crippen molar-refractivity contribution in [3.63, 3.8) is 0 Å². The van der Waals surface area contributed by atoms with Crippen molar-refractivity contribution in [2.45, 2.75) is 6.92 Å². The monoisotopic (exact) mass is 390 g/mol. The molecule has 9 heteroatoms. The van der Waals surface area contributed by atoms with Crippen LogP contribution in [0, 0.1) is 24.4 Å². The lowest BCUT2D eigenvalue weighted by atomic mass is 10.1. The summed E-state index contributed by atoms with van der Waals surface area (Å²) in [6.07, 6.45) is 0. The maximum absolute atomic E-state index is 14.9. The summed E-state index contributed by atoms with van der Waals surface area (Å²) < 4.78 is 54.4. The molecule has 3 aromatic rings. The Morgan fingerprint density at radius 2 is 1.04 bits per heavy atom. The number of rotatable bonds is 4. The standard InChI is InChI=1S/C19H17F3N4O2/c1-8-15(20)18(27-13-4-2-9(23)6-11(13)25)17(22)19(16(8)21)28-14-5-3-10(24)7-12(14)26/h2-7H,23-26H2,1H3. The molecule has 6 nitrogen and oxygen atoms in total. The predicted octanol–water partition coefficient (Wildman–Crippen LogP) is 4.33. The van der Waals surface area contributed by atoms with Crippen LogP contribution in [0.5, 0.6) is 23.0 Å². The van der Waals surface area contributed by atoms with E-state index in [0.717, 1.165) is 6.92 Å². The molecule has 0 aliphatic rings. The van der Waals surface area contributed by atoms with Gasteiger partial charge in [0.15, 0.2) is 23.1 Å². The number of benzene rings is 3. The van der Waals surface area contributed by atoms with Gasteiger partial charge >= 0.3 is 0 Å². The Hall–Kier alpha value is -3.75. The van der Waals surface area contributed by atoms with Crippen LogP contribution in [-0.2, 0) is 0 Å². The van der Waals surface area contributed by atoms with Crippen LogP contribution in [0.2, 0.25) is 0 Å². The molecule has 3 aromatic carbocycles. The molecule has 0 saturated heterocycles. The summed E-state index contributed by atoms with van der Waals surface area (Å²) in [5, 5.41) is 0. The van der Waals surface area contributed by atoms with E-state index >= 15 is 0 Å². The second-order valence-corrected chi connectivity index (χ2v) is 6.02. The van der Waals surface area contributed by atoms with Gasteiger partial charge in [0.25, 0.3) is 0 Å². The maximum Gasteiger partial charge on any atom is 0.214 e. The zero-order chi connectivity index (χ0) is 20.6. The summed E-state index contributed by atoms with van der Waals surface area (Å²) in [4.78, 5) is 0. The minimum Gasteiger partial charge on any atom is -0.449 e. The number of anilines is 4. The summed E-state index contributed by atoms with van der Waals surface area (Å²) in [7, 11) is 0. The zero-order valence-electron chi connectivity index (χ0n) is 14.7. The first-order valence-electron chi connectivity index (χ1n) is 8.01. The highest BCUT2D eigenvalue weighted by atomic mass is 19.1. The van der Waals surface area contributed by atoms with Crippen molar-refractivity contribution in [3.05, 3.63) is 59.4 Å². The molecule has 0 unspecified atom stereocenters. The van der Waals surface area contributed by atoms with Crippen LogP contribution in [0.15, 0.2) is 36.4 Å². The SMILES string of the molecule is Cc1c(F)c(Oc2ccc(N)cc2N)c(F)c(Oc2ccc(N)cc2N)c1F. The summed E-state index contributed by atoms with van der Waals surface area (Å²) >= 11 is 0. The topological polar surface area (TPSA) is 123 Å². The third-order valence-corrected chi connectivity index (χ3v) is 3.95. The fourth-order valence-corrected chi connectivity index (χ4v) is 2.45. The molecule has 146 valence electrons. The van der Waals surface area contributed by atoms with Gasteiger partial charge in [0.2, 0.25) is 17.3 Å². The van der Waals surface area contributed by atoms with Crippen LogP contribution < -0.4 is 32.4 Å². The largest absolute Gasteiger partial charge is 0.449 e. The Balaban J connectivity index is 2.09. The molecule has 0 bridgehead atoms. The highest BCUT2D eigenvalue weighted by molar-refractivity contribution is 5.63. The highest BCUT2D eigenvalue weighted by Gasteiger charge is 2.27. The van der Waals surface area contributed by atoms with Gasteiger partial charge in [-0.3, -0.25) is 0 Å². The predicted molar refractivity (Wildman–Crippen MR) is 102 cm³/mol. The second-order valence-electron chi connectivity index (χ2n) is 6.02. The quantitative estimate of drug-likeness (QED) is 0.492. The van der Waals surface area contributed by atoms with Gasteiger partial charge in [-0.15, -0.1) is 0 Å². The minimum atomic E-state index is -1.40. The normalized spacial score (nSPS) is 10.7. The number of nitrogen functional groups attached to an aromatic ring is 4. The van der Waals surface area contributed by atoms with Gasteiger partial charge in [-0.05, 0) is 43.3 Å². The molecule has 0 spiro atoms. The molecule has 0 atom stereocenters. The van der Waals surface area contributed by atoms with Crippen molar-refractivity contribution in [1.29, 1.82) is 0 Å². The van der Waals surface area contributed by atoms with Crippen LogP contribution in [0.3, 0.4) is 0 Å². The van der Waals surface area contributed by atoms with Crippen molar-refractivity contribution in [2.24, 2.45) is 0 Å². The first kappa shape index (κ1) is 19.0. The molecular weight excluding hydrogens is 373 g/mol. The van der Waals surface area contributed by atoms with E-state index in [1.807, 2.05) is 0 Å². The van der Waals surface area contributed by atoms with Gasteiger partial charge in [-0.1, -0.05) is 0 Å². The van der Waals surface area contributed by atoms with Crippen LogP contribution in [0.25, 0.3) is 0 Å². The summed E-state index contributed by atoms with van der Waals surface area (Å²) in [5.74, 6) is -5.73. The molecule has 0 heterocycles. The lowest BCUT2D eigenvalue weighted by Gasteiger charge is -2.16. The van der Waals surface area contributed by atoms with Gasteiger partial charge < -0.3 is 32.4 Å². The lowest BCUT2D eigenvalue weighted by Crippen LogP contribution is -2.05. The van der Waals surface area contributed by atoms with Crippen molar-refractivity contribution in [3.8, 4) is 23.0 Å². The maximum atomic E-state index is 14.9. The van der Waals surface area contributed by atoms with Crippen molar-refractivity contribution in [2.75, 3.05) is 22.9 Å². The third kappa shape index (κ3) is 3.41. The first-order chi connectivity index (χ1) is 13.2. The van der Waals surface area contributed by atoms with Crippen LogP contribution in [0.1, 0.15) is 5.56 Å². The fourth-order valence-electron chi connectivity index (χ4n) is 2.45. The van der Waals surface area contributed by atoms with Crippen LogP contribution in [0.4, 0.5) is 35.9 Å². The number of hydrogen-bond acceptors (Lipinski definition) is 6. The number of hydrogen-bond donors (Lipinski definition) is 4. The van der Waals surface area contributed by atoms with Gasteiger partial charge in [0, 0.05) is 16.9 Å². The Kier molecular flexibility index (Phi) is 4.83. The fraction of sp³-hybridized carbons (Fsp3) is 0.0526. The number of halogens is 3. The molecule has 0 fully saturated rings. The van der Waals surface area contributed by atoms with E-state index in [9.17, 15) is 13.2 Å². The number of nitrogens with two attached hydrogens (primary N) is 4. The molecule has 28 heavy (non-hydrogen) atoms. The molecule has 0 radical (unpaired) electrons. The van der Waals surface area contributed by atoms with Crippen molar-refractivity contribution in [1.82, 2.24) is 0 Å². The summed E-state index contributed by atoms with van der Waals surface area (Å²) in [6, 6.07) is 8.25. The van der Waals surface area contributed by atoms with E-state index in [4.69, 9.17) is 32.4 Å². The molecule has 8 N–H and O–H groups in total. The molecule has 0 saturated carbocycles. The smallest absolute Gasteiger partial charge is 0.214 e. The first-order valence-corrected chi connectivity index (χ1v) is 8.01. The average molecular weight is 390 g/mol. The van der Waals surface area contributed by atoms with E-state index in [-0.39, 0.29) is 22.9 Å². The molecule has 0 aliphatic heterocycles. The molecule has 3 rings (SSSR count). The van der Waals surface area contributed by atoms with E-state index < -0.39 is 34.5 Å². The number of ether oxygens (including phenoxy) is 2. The van der Waals surface area contributed by atoms with Crippen LogP contribution >= 0.6 is 0 Å². The van der Waals surface area contributed by atoms with Crippen LogP contribution in [-0.4, -0.2) is 0 Å². The van der Waals surface area contributed by atoms with E-state index in [2.05, 4.69) is 0 Å². The third-order valence-electron chi connectivity index (χ3n) is 3.95. The Morgan fingerprint density at radius 3 is 1.39 bits per heavy atom. The summed E-state index contributed by atoms with van der Waals surface area (Å²) in [5.41, 5.74) is 22.9. The molecule has 0 aliphatic carbocycles. The Bertz CT molecular complexity index is 993. The molecule has 0 amide bonds. The van der Waals surface area contributed by atoms with E-state index in [1.165, 1.54) is 36.4 Å². The molecule has 0 aromatic heterocycles. The Labute approximate surface area is 158 Å². The molecular formula is C19H17F3N4O2. The van der Waals surface area contributed by atoms with Gasteiger partial charge in [0.05, 0.1) is 11.4 Å². The lowest BCUT2D eigenvalue weighted by molar-refractivity contribution is 0.358. The summed E-state index contributed by atoms with van der Waals surface area (Å²) in [6.45, 7) is 1.11. The second kappa shape index (κ2) is 7.10. The Morgan fingerprint density at radius 1 is 0.643 bits per heavy atom. The van der Waals surface area contributed by atoms with E-state index in [0.29, 0.717) is 11.4 Å². The van der Waals surface area contributed by atoms with Gasteiger partial charge in [-0.25, -0.2) is 8.78 Å². The van der Waals surface area contributed by atoms with Gasteiger partial charge in [0.1, 0.15) is 0 Å². The zero-order valence-corrected chi connectivity index (χ0v) is 14.7. The average Bonchev–Trinajstić information content (AvgIpc) is 2.64. The van der Waals surface area contributed by atoms with E-state index in [1.54, 1.807) is 0 Å². The van der Waals surface area contributed by atoms with Gasteiger partial charge in [-0.2, -0.15) is 4.39 Å². The minimum absolute atomic E-state index is 0.0472. The van der Waals surface area contributed by atoms with Crippen molar-refractivity contribution >= 4 is 22.7 Å². The highest BCUT2D eigenvalue weighted by Crippen LogP contribution is 2.42.